The van der Waals surface area contributed by atoms with Gasteiger partial charge in [-0.15, -0.1) is 0 Å². The van der Waals surface area contributed by atoms with Gasteiger partial charge in [0.25, 0.3) is 0 Å². The SMILES string of the molecule is CC(C)(C)OC(=O)N1CCC(COc2c(F)cc(-c3ccc(/C=N/O)cc3F)cc2F)CC1. The van der Waals surface area contributed by atoms with Gasteiger partial charge in [0.1, 0.15) is 11.4 Å². The highest BCUT2D eigenvalue weighted by atomic mass is 19.1. The molecular formula is C24H27F3N2O4. The lowest BCUT2D eigenvalue weighted by atomic mass is 9.98. The van der Waals surface area contributed by atoms with E-state index >= 15 is 0 Å². The van der Waals surface area contributed by atoms with Crippen molar-refractivity contribution in [2.75, 3.05) is 19.7 Å². The molecule has 1 aliphatic rings. The van der Waals surface area contributed by atoms with Crippen LogP contribution in [0.15, 0.2) is 35.5 Å². The van der Waals surface area contributed by atoms with Gasteiger partial charge in [0.15, 0.2) is 17.4 Å². The quantitative estimate of drug-likeness (QED) is 0.355. The minimum absolute atomic E-state index is 0.00366. The zero-order chi connectivity index (χ0) is 24.2. The van der Waals surface area contributed by atoms with E-state index in [1.54, 1.807) is 25.7 Å². The number of hydrogen-bond donors (Lipinski definition) is 1. The van der Waals surface area contributed by atoms with Crippen molar-refractivity contribution in [2.24, 2.45) is 11.1 Å². The number of oxime groups is 1. The number of carbonyl (C=O) groups excluding carboxylic acids is 1. The van der Waals surface area contributed by atoms with Crippen LogP contribution in [0, 0.1) is 23.4 Å². The second kappa shape index (κ2) is 10.1. The molecule has 0 aliphatic carbocycles. The molecule has 2 aromatic carbocycles. The van der Waals surface area contributed by atoms with E-state index in [4.69, 9.17) is 14.7 Å². The summed E-state index contributed by atoms with van der Waals surface area (Å²) in [5.74, 6) is -3.07. The van der Waals surface area contributed by atoms with Crippen LogP contribution in [0.3, 0.4) is 0 Å². The molecule has 1 amide bonds. The highest BCUT2D eigenvalue weighted by Gasteiger charge is 2.27. The van der Waals surface area contributed by atoms with Gasteiger partial charge in [-0.3, -0.25) is 0 Å². The first-order valence-corrected chi connectivity index (χ1v) is 10.6. The Kier molecular flexibility index (Phi) is 7.50. The van der Waals surface area contributed by atoms with Gasteiger partial charge in [0, 0.05) is 18.7 Å². The van der Waals surface area contributed by atoms with Crippen molar-refractivity contribution in [3.63, 3.8) is 0 Å². The fraction of sp³-hybridized carbons (Fsp3) is 0.417. The number of amides is 1. The van der Waals surface area contributed by atoms with Crippen LogP contribution in [-0.2, 0) is 4.74 Å². The van der Waals surface area contributed by atoms with Crippen molar-refractivity contribution in [1.82, 2.24) is 4.90 Å². The Balaban J connectivity index is 1.61. The maximum absolute atomic E-state index is 14.6. The molecule has 0 saturated carbocycles. The number of nitrogens with zero attached hydrogens (tertiary/aromatic N) is 2. The van der Waals surface area contributed by atoms with Crippen LogP contribution in [0.25, 0.3) is 11.1 Å². The van der Waals surface area contributed by atoms with Crippen LogP contribution >= 0.6 is 0 Å². The first kappa shape index (κ1) is 24.4. The highest BCUT2D eigenvalue weighted by Crippen LogP contribution is 2.31. The topological polar surface area (TPSA) is 71.4 Å². The van der Waals surface area contributed by atoms with Gasteiger partial charge in [0.2, 0.25) is 0 Å². The lowest BCUT2D eigenvalue weighted by Gasteiger charge is -2.33. The van der Waals surface area contributed by atoms with E-state index in [1.807, 2.05) is 0 Å². The number of hydrogen-bond acceptors (Lipinski definition) is 5. The highest BCUT2D eigenvalue weighted by molar-refractivity contribution is 5.80. The zero-order valence-electron chi connectivity index (χ0n) is 18.8. The number of likely N-dealkylation sites (tertiary alicyclic amines) is 1. The number of ether oxygens (including phenoxy) is 2. The molecule has 1 heterocycles. The summed E-state index contributed by atoms with van der Waals surface area (Å²) < 4.78 is 54.3. The second-order valence-corrected chi connectivity index (χ2v) is 8.97. The normalized spacial score (nSPS) is 15.2. The van der Waals surface area contributed by atoms with Crippen LogP contribution in [0.2, 0.25) is 0 Å². The average molecular weight is 464 g/mol. The van der Waals surface area contributed by atoms with E-state index in [9.17, 15) is 18.0 Å². The van der Waals surface area contributed by atoms with E-state index in [1.165, 1.54) is 12.1 Å². The fourth-order valence-electron chi connectivity index (χ4n) is 3.58. The molecule has 178 valence electrons. The maximum Gasteiger partial charge on any atom is 0.410 e. The van der Waals surface area contributed by atoms with Crippen LogP contribution in [0.1, 0.15) is 39.2 Å². The Morgan fingerprint density at radius 2 is 1.76 bits per heavy atom. The van der Waals surface area contributed by atoms with Crippen molar-refractivity contribution in [3.8, 4) is 16.9 Å². The van der Waals surface area contributed by atoms with Crippen molar-refractivity contribution >= 4 is 12.3 Å². The molecule has 1 saturated heterocycles. The summed E-state index contributed by atoms with van der Waals surface area (Å²) in [5.41, 5.74) is -0.244. The molecule has 0 aromatic heterocycles. The zero-order valence-corrected chi connectivity index (χ0v) is 18.8. The van der Waals surface area contributed by atoms with Gasteiger partial charge < -0.3 is 19.6 Å². The molecule has 6 nitrogen and oxygen atoms in total. The van der Waals surface area contributed by atoms with Crippen molar-refractivity contribution in [2.45, 2.75) is 39.2 Å². The van der Waals surface area contributed by atoms with E-state index in [2.05, 4.69) is 5.16 Å². The smallest absolute Gasteiger partial charge is 0.410 e. The molecule has 33 heavy (non-hydrogen) atoms. The van der Waals surface area contributed by atoms with Crippen LogP contribution in [-0.4, -0.2) is 47.7 Å². The Labute approximate surface area is 190 Å². The van der Waals surface area contributed by atoms with Crippen LogP contribution < -0.4 is 4.74 Å². The van der Waals surface area contributed by atoms with Gasteiger partial charge in [-0.25, -0.2) is 18.0 Å². The van der Waals surface area contributed by atoms with E-state index in [0.717, 1.165) is 24.4 Å². The van der Waals surface area contributed by atoms with Gasteiger partial charge in [-0.2, -0.15) is 0 Å². The summed E-state index contributed by atoms with van der Waals surface area (Å²) >= 11 is 0. The van der Waals surface area contributed by atoms with Gasteiger partial charge in [-0.1, -0.05) is 17.3 Å². The third kappa shape index (κ3) is 6.40. The molecular weight excluding hydrogens is 437 g/mol. The molecule has 0 spiro atoms. The molecule has 1 N–H and O–H groups in total. The van der Waals surface area contributed by atoms with Crippen LogP contribution in [0.4, 0.5) is 18.0 Å². The summed E-state index contributed by atoms with van der Waals surface area (Å²) in [5, 5.41) is 11.4. The number of carbonyl (C=O) groups is 1. The monoisotopic (exact) mass is 464 g/mol. The summed E-state index contributed by atoms with van der Waals surface area (Å²) in [4.78, 5) is 13.8. The fourth-order valence-corrected chi connectivity index (χ4v) is 3.58. The van der Waals surface area contributed by atoms with E-state index < -0.39 is 28.8 Å². The van der Waals surface area contributed by atoms with E-state index in [-0.39, 0.29) is 29.7 Å². The number of halogens is 3. The predicted molar refractivity (Wildman–Crippen MR) is 117 cm³/mol. The molecule has 1 fully saturated rings. The average Bonchev–Trinajstić information content (AvgIpc) is 2.72. The first-order chi connectivity index (χ1) is 15.6. The first-order valence-electron chi connectivity index (χ1n) is 10.6. The van der Waals surface area contributed by atoms with Gasteiger partial charge in [-0.05, 0) is 68.9 Å². The molecule has 9 heteroatoms. The van der Waals surface area contributed by atoms with Crippen LogP contribution in [0.5, 0.6) is 5.75 Å². The number of benzene rings is 2. The van der Waals surface area contributed by atoms with Gasteiger partial charge in [0.05, 0.1) is 12.8 Å². The second-order valence-electron chi connectivity index (χ2n) is 8.97. The third-order valence-corrected chi connectivity index (χ3v) is 5.24. The maximum atomic E-state index is 14.6. The van der Waals surface area contributed by atoms with Crippen molar-refractivity contribution in [1.29, 1.82) is 0 Å². The lowest BCUT2D eigenvalue weighted by molar-refractivity contribution is 0.0163. The molecule has 0 unspecified atom stereocenters. The molecule has 0 radical (unpaired) electrons. The Bertz CT molecular complexity index is 1010. The molecule has 1 aliphatic heterocycles. The van der Waals surface area contributed by atoms with Gasteiger partial charge >= 0.3 is 6.09 Å². The largest absolute Gasteiger partial charge is 0.487 e. The minimum Gasteiger partial charge on any atom is -0.487 e. The van der Waals surface area contributed by atoms with Crippen molar-refractivity contribution < 1.29 is 32.6 Å². The lowest BCUT2D eigenvalue weighted by Crippen LogP contribution is -2.42. The van der Waals surface area contributed by atoms with E-state index in [0.29, 0.717) is 31.5 Å². The Morgan fingerprint density at radius 3 is 2.30 bits per heavy atom. The summed E-state index contributed by atoms with van der Waals surface area (Å²) in [6.07, 6.45) is 1.91. The molecule has 3 rings (SSSR count). The number of rotatable bonds is 5. The predicted octanol–water partition coefficient (Wildman–Crippen LogP) is 5.60. The standard InChI is InChI=1S/C24H27F3N2O4/c1-24(2,3)33-23(30)29-8-6-15(7-9-29)14-32-22-20(26)11-17(12-21(22)27)18-5-4-16(13-28-31)10-19(18)25/h4-5,10-13,15,31H,6-9,14H2,1-3H3/b28-13+. The molecule has 0 atom stereocenters. The van der Waals surface area contributed by atoms with Crippen molar-refractivity contribution in [3.05, 3.63) is 53.3 Å². The summed E-state index contributed by atoms with van der Waals surface area (Å²) in [6.45, 7) is 6.45. The Morgan fingerprint density at radius 1 is 1.12 bits per heavy atom. The summed E-state index contributed by atoms with van der Waals surface area (Å²) in [6, 6.07) is 5.93. The Hall–Kier alpha value is -3.23. The minimum atomic E-state index is -0.934. The third-order valence-electron chi connectivity index (χ3n) is 5.24. The molecule has 0 bridgehead atoms. The number of piperidine rings is 1. The molecule has 2 aromatic rings. The summed E-state index contributed by atoms with van der Waals surface area (Å²) in [7, 11) is 0.